The molecule has 0 aromatic heterocycles. The quantitative estimate of drug-likeness (QED) is 0.196. The van der Waals surface area contributed by atoms with E-state index in [4.69, 9.17) is 19.7 Å². The predicted octanol–water partition coefficient (Wildman–Crippen LogP) is -0.935. The van der Waals surface area contributed by atoms with Crippen molar-refractivity contribution in [1.82, 2.24) is 9.80 Å². The minimum atomic E-state index is -0.667. The Bertz CT molecular complexity index is 249. The number of rotatable bonds is 17. The van der Waals surface area contributed by atoms with Crippen LogP contribution < -0.4 is 0 Å². The van der Waals surface area contributed by atoms with E-state index in [0.29, 0.717) is 33.0 Å². The van der Waals surface area contributed by atoms with Gasteiger partial charge in [0, 0.05) is 19.6 Å². The second kappa shape index (κ2) is 16.2. The molecule has 0 radical (unpaired) electrons. The minimum absolute atomic E-state index is 0.0220. The summed E-state index contributed by atoms with van der Waals surface area (Å²) in [5, 5.41) is 36.7. The second-order valence-corrected chi connectivity index (χ2v) is 5.72. The van der Waals surface area contributed by atoms with E-state index in [1.807, 2.05) is 0 Å². The lowest BCUT2D eigenvalue weighted by molar-refractivity contribution is -0.0846. The van der Waals surface area contributed by atoms with Gasteiger partial charge in [0.1, 0.15) is 12.5 Å². The molecule has 2 atom stereocenters. The van der Waals surface area contributed by atoms with E-state index < -0.39 is 12.5 Å². The van der Waals surface area contributed by atoms with Crippen molar-refractivity contribution in [2.45, 2.75) is 39.1 Å². The first-order valence-electron chi connectivity index (χ1n) is 8.74. The van der Waals surface area contributed by atoms with Crippen molar-refractivity contribution < 1.29 is 29.9 Å². The van der Waals surface area contributed by atoms with Gasteiger partial charge in [-0.05, 0) is 33.2 Å². The minimum Gasteiger partial charge on any atom is -0.394 e. The van der Waals surface area contributed by atoms with E-state index in [1.165, 1.54) is 0 Å². The highest BCUT2D eigenvalue weighted by Gasteiger charge is 2.15. The summed E-state index contributed by atoms with van der Waals surface area (Å²) < 4.78 is 10.6. The molecule has 0 fully saturated rings. The number of unbranched alkanes of at least 4 members (excludes halogenated alkanes) is 1. The van der Waals surface area contributed by atoms with E-state index in [2.05, 4.69) is 4.90 Å². The molecular weight excluding hydrogens is 316 g/mol. The summed E-state index contributed by atoms with van der Waals surface area (Å²) in [7, 11) is 0. The number of nitrogens with zero attached hydrogens (tertiary/aromatic N) is 2. The maximum Gasteiger partial charge on any atom is 0.106 e. The molecule has 0 amide bonds. The first kappa shape index (κ1) is 23.7. The molecule has 0 saturated heterocycles. The molecule has 0 rings (SSSR count). The van der Waals surface area contributed by atoms with Crippen molar-refractivity contribution >= 4 is 0 Å². The zero-order valence-electron chi connectivity index (χ0n) is 15.1. The van der Waals surface area contributed by atoms with Gasteiger partial charge < -0.3 is 29.9 Å². The topological polar surface area (TPSA) is 106 Å². The van der Waals surface area contributed by atoms with Crippen LogP contribution in [0.5, 0.6) is 0 Å². The molecule has 0 heterocycles. The average Bonchev–Trinajstić information content (AvgIpc) is 2.53. The third kappa shape index (κ3) is 13.0. The summed E-state index contributed by atoms with van der Waals surface area (Å²) in [5.74, 6) is 0. The van der Waals surface area contributed by atoms with E-state index in [-0.39, 0.29) is 13.2 Å². The van der Waals surface area contributed by atoms with Crippen LogP contribution in [0.25, 0.3) is 0 Å². The summed E-state index contributed by atoms with van der Waals surface area (Å²) >= 11 is 0. The van der Waals surface area contributed by atoms with Gasteiger partial charge in [0.15, 0.2) is 0 Å². The lowest BCUT2D eigenvalue weighted by Gasteiger charge is -2.28. The number of ether oxygens (including phenoxy) is 2. The van der Waals surface area contributed by atoms with Crippen LogP contribution in [0.4, 0.5) is 0 Å². The van der Waals surface area contributed by atoms with Gasteiger partial charge in [0.2, 0.25) is 0 Å². The van der Waals surface area contributed by atoms with Gasteiger partial charge in [-0.2, -0.15) is 0 Å². The molecule has 24 heavy (non-hydrogen) atoms. The van der Waals surface area contributed by atoms with E-state index in [0.717, 1.165) is 32.5 Å². The number of hydrogen-bond donors (Lipinski definition) is 4. The van der Waals surface area contributed by atoms with Crippen LogP contribution in [0.2, 0.25) is 0 Å². The molecule has 2 unspecified atom stereocenters. The zero-order valence-corrected chi connectivity index (χ0v) is 15.1. The van der Waals surface area contributed by atoms with Gasteiger partial charge in [-0.1, -0.05) is 0 Å². The Morgan fingerprint density at radius 1 is 0.708 bits per heavy atom. The fourth-order valence-corrected chi connectivity index (χ4v) is 2.37. The maximum absolute atomic E-state index is 9.61. The molecule has 0 aliphatic heterocycles. The molecule has 0 aliphatic carbocycles. The Kier molecular flexibility index (Phi) is 15.9. The van der Waals surface area contributed by atoms with Crippen LogP contribution in [-0.2, 0) is 9.47 Å². The Balaban J connectivity index is 4.03. The van der Waals surface area contributed by atoms with Crippen LogP contribution in [0.3, 0.4) is 0 Å². The van der Waals surface area contributed by atoms with Crippen molar-refractivity contribution in [2.75, 3.05) is 65.8 Å². The van der Waals surface area contributed by atoms with Crippen LogP contribution in [0.15, 0.2) is 0 Å². The SMILES string of the molecule is CC(O)N(CCCCN(CCOCCO)CCOCCO)C(C)O. The molecule has 8 heteroatoms. The predicted molar refractivity (Wildman–Crippen MR) is 91.6 cm³/mol. The van der Waals surface area contributed by atoms with E-state index in [9.17, 15) is 10.2 Å². The van der Waals surface area contributed by atoms with Crippen molar-refractivity contribution in [3.63, 3.8) is 0 Å². The smallest absolute Gasteiger partial charge is 0.106 e. The molecule has 146 valence electrons. The van der Waals surface area contributed by atoms with Gasteiger partial charge in [0.05, 0.1) is 39.6 Å². The summed E-state index contributed by atoms with van der Waals surface area (Å²) in [5.41, 5.74) is 0. The summed E-state index contributed by atoms with van der Waals surface area (Å²) in [6.07, 6.45) is 0.455. The third-order valence-corrected chi connectivity index (χ3v) is 3.68. The highest BCUT2D eigenvalue weighted by Crippen LogP contribution is 2.05. The van der Waals surface area contributed by atoms with Crippen LogP contribution in [-0.4, -0.2) is 109 Å². The van der Waals surface area contributed by atoms with Crippen molar-refractivity contribution in [3.05, 3.63) is 0 Å². The van der Waals surface area contributed by atoms with Crippen molar-refractivity contribution in [1.29, 1.82) is 0 Å². The second-order valence-electron chi connectivity index (χ2n) is 5.72. The fourth-order valence-electron chi connectivity index (χ4n) is 2.37. The Morgan fingerprint density at radius 2 is 1.17 bits per heavy atom. The van der Waals surface area contributed by atoms with Crippen LogP contribution >= 0.6 is 0 Å². The summed E-state index contributed by atoms with van der Waals surface area (Å²) in [6, 6.07) is 0. The van der Waals surface area contributed by atoms with Gasteiger partial charge in [0.25, 0.3) is 0 Å². The molecule has 0 bridgehead atoms. The number of hydrogen-bond acceptors (Lipinski definition) is 8. The zero-order chi connectivity index (χ0) is 18.2. The number of aliphatic hydroxyl groups is 4. The van der Waals surface area contributed by atoms with Gasteiger partial charge in [-0.3, -0.25) is 9.80 Å². The Labute approximate surface area is 145 Å². The normalized spacial score (nSPS) is 14.5. The van der Waals surface area contributed by atoms with Crippen LogP contribution in [0.1, 0.15) is 26.7 Å². The van der Waals surface area contributed by atoms with E-state index in [1.54, 1.807) is 18.7 Å². The molecule has 4 N–H and O–H groups in total. The van der Waals surface area contributed by atoms with E-state index >= 15 is 0 Å². The highest BCUT2D eigenvalue weighted by atomic mass is 16.5. The van der Waals surface area contributed by atoms with Gasteiger partial charge >= 0.3 is 0 Å². The first-order valence-corrected chi connectivity index (χ1v) is 8.74. The molecule has 0 spiro atoms. The molecule has 8 nitrogen and oxygen atoms in total. The molecule has 0 aromatic rings. The van der Waals surface area contributed by atoms with Crippen LogP contribution in [0, 0.1) is 0 Å². The number of aliphatic hydroxyl groups excluding tert-OH is 4. The highest BCUT2D eigenvalue weighted by molar-refractivity contribution is 4.62. The summed E-state index contributed by atoms with van der Waals surface area (Å²) in [4.78, 5) is 3.85. The van der Waals surface area contributed by atoms with Gasteiger partial charge in [-0.25, -0.2) is 0 Å². The average molecular weight is 352 g/mol. The Hall–Kier alpha value is -0.320. The standard InChI is InChI=1S/C16H36N2O6/c1-15(21)18(16(2)22)6-4-3-5-17(7-11-23-13-9-19)8-12-24-14-10-20/h15-16,19-22H,3-14H2,1-2H3. The summed E-state index contributed by atoms with van der Waals surface area (Å²) in [6.45, 7) is 8.11. The molecular formula is C16H36N2O6. The third-order valence-electron chi connectivity index (χ3n) is 3.68. The molecule has 0 aromatic carbocycles. The van der Waals surface area contributed by atoms with Gasteiger partial charge in [-0.15, -0.1) is 0 Å². The maximum atomic E-state index is 9.61. The Morgan fingerprint density at radius 3 is 1.58 bits per heavy atom. The van der Waals surface area contributed by atoms with Crippen molar-refractivity contribution in [3.8, 4) is 0 Å². The lowest BCUT2D eigenvalue weighted by atomic mass is 10.2. The lowest BCUT2D eigenvalue weighted by Crippen LogP contribution is -2.41. The first-order chi connectivity index (χ1) is 11.5. The molecule has 0 saturated carbocycles. The molecule has 0 aliphatic rings. The largest absolute Gasteiger partial charge is 0.394 e. The fraction of sp³-hybridized carbons (Fsp3) is 1.00. The van der Waals surface area contributed by atoms with Crippen molar-refractivity contribution in [2.24, 2.45) is 0 Å². The monoisotopic (exact) mass is 352 g/mol.